The standard InChI is InChI=1S/C15H13FO2S/c1-11-3-5-13(6-4-11)12(2)19(17,18)15-9-7-14(16)8-10-15/h3-10H,2H2,1H3. The molecule has 2 rings (SSSR count). The van der Waals surface area contributed by atoms with Crippen LogP contribution in [-0.2, 0) is 9.84 Å². The Labute approximate surface area is 112 Å². The van der Waals surface area contributed by atoms with E-state index >= 15 is 0 Å². The van der Waals surface area contributed by atoms with Crippen LogP contribution in [0.2, 0.25) is 0 Å². The van der Waals surface area contributed by atoms with Crippen molar-refractivity contribution in [2.24, 2.45) is 0 Å². The molecule has 0 spiro atoms. The highest BCUT2D eigenvalue weighted by molar-refractivity contribution is 8.00. The molecule has 0 aromatic heterocycles. The van der Waals surface area contributed by atoms with Crippen molar-refractivity contribution in [1.82, 2.24) is 0 Å². The lowest BCUT2D eigenvalue weighted by Gasteiger charge is -2.08. The average molecular weight is 276 g/mol. The van der Waals surface area contributed by atoms with Crippen LogP contribution in [0.25, 0.3) is 4.91 Å². The van der Waals surface area contributed by atoms with E-state index in [-0.39, 0.29) is 9.80 Å². The van der Waals surface area contributed by atoms with Gasteiger partial charge in [-0.15, -0.1) is 0 Å². The number of sulfone groups is 1. The third-order valence-corrected chi connectivity index (χ3v) is 4.60. The van der Waals surface area contributed by atoms with E-state index in [1.54, 1.807) is 12.1 Å². The smallest absolute Gasteiger partial charge is 0.206 e. The summed E-state index contributed by atoms with van der Waals surface area (Å²) in [6.45, 7) is 5.56. The molecule has 0 amide bonds. The van der Waals surface area contributed by atoms with Crippen LogP contribution < -0.4 is 0 Å². The predicted octanol–water partition coefficient (Wildman–Crippen LogP) is 3.58. The molecule has 0 radical (unpaired) electrons. The minimum absolute atomic E-state index is 0.0131. The Hall–Kier alpha value is -1.94. The fourth-order valence-electron chi connectivity index (χ4n) is 1.65. The largest absolute Gasteiger partial charge is 0.219 e. The van der Waals surface area contributed by atoms with Crippen LogP contribution in [0.1, 0.15) is 11.1 Å². The Morgan fingerprint density at radius 2 is 1.53 bits per heavy atom. The molecular formula is C15H13FO2S. The van der Waals surface area contributed by atoms with Gasteiger partial charge in [0, 0.05) is 0 Å². The summed E-state index contributed by atoms with van der Waals surface area (Å²) in [4.78, 5) is 0.0542. The quantitative estimate of drug-likeness (QED) is 0.803. The first-order valence-electron chi connectivity index (χ1n) is 5.68. The second-order valence-electron chi connectivity index (χ2n) is 4.25. The highest BCUT2D eigenvalue weighted by Gasteiger charge is 2.20. The Bertz CT molecular complexity index is 699. The maximum absolute atomic E-state index is 12.8. The van der Waals surface area contributed by atoms with Gasteiger partial charge in [0.2, 0.25) is 9.84 Å². The van der Waals surface area contributed by atoms with Crippen molar-refractivity contribution in [1.29, 1.82) is 0 Å². The third kappa shape index (κ3) is 2.74. The van der Waals surface area contributed by atoms with Crippen LogP contribution in [0.3, 0.4) is 0 Å². The molecule has 0 fully saturated rings. The second-order valence-corrected chi connectivity index (χ2v) is 6.22. The maximum atomic E-state index is 12.8. The van der Waals surface area contributed by atoms with Crippen LogP contribution in [0.4, 0.5) is 4.39 Å². The van der Waals surface area contributed by atoms with Crippen LogP contribution in [0.15, 0.2) is 60.0 Å². The van der Waals surface area contributed by atoms with Gasteiger partial charge in [0.25, 0.3) is 0 Å². The number of rotatable bonds is 3. The van der Waals surface area contributed by atoms with Gasteiger partial charge in [0.15, 0.2) is 0 Å². The summed E-state index contributed by atoms with van der Waals surface area (Å²) >= 11 is 0. The summed E-state index contributed by atoms with van der Waals surface area (Å²) in [6.07, 6.45) is 0. The van der Waals surface area contributed by atoms with Crippen molar-refractivity contribution >= 4 is 14.7 Å². The molecule has 0 heterocycles. The van der Waals surface area contributed by atoms with Crippen LogP contribution >= 0.6 is 0 Å². The van der Waals surface area contributed by atoms with Gasteiger partial charge in [-0.1, -0.05) is 36.4 Å². The minimum Gasteiger partial charge on any atom is -0.219 e. The average Bonchev–Trinajstić information content (AvgIpc) is 2.39. The van der Waals surface area contributed by atoms with Crippen LogP contribution in [0, 0.1) is 12.7 Å². The molecule has 0 unspecified atom stereocenters. The Balaban J connectivity index is 2.42. The third-order valence-electron chi connectivity index (χ3n) is 2.82. The monoisotopic (exact) mass is 276 g/mol. The van der Waals surface area contributed by atoms with Crippen LogP contribution in [0.5, 0.6) is 0 Å². The molecule has 2 aromatic rings. The van der Waals surface area contributed by atoms with Crippen molar-refractivity contribution in [3.63, 3.8) is 0 Å². The van der Waals surface area contributed by atoms with Gasteiger partial charge in [-0.3, -0.25) is 0 Å². The summed E-state index contributed by atoms with van der Waals surface area (Å²) in [6, 6.07) is 11.8. The highest BCUT2D eigenvalue weighted by atomic mass is 32.2. The Morgan fingerprint density at radius 1 is 1.00 bits per heavy atom. The number of hydrogen-bond donors (Lipinski definition) is 0. The lowest BCUT2D eigenvalue weighted by atomic mass is 10.1. The molecule has 2 aromatic carbocycles. The van der Waals surface area contributed by atoms with E-state index in [2.05, 4.69) is 6.58 Å². The molecule has 19 heavy (non-hydrogen) atoms. The number of halogens is 1. The van der Waals surface area contributed by atoms with Gasteiger partial charge < -0.3 is 0 Å². The molecule has 4 heteroatoms. The van der Waals surface area contributed by atoms with E-state index in [4.69, 9.17) is 0 Å². The summed E-state index contributed by atoms with van der Waals surface area (Å²) in [5.74, 6) is -0.472. The van der Waals surface area contributed by atoms with Gasteiger partial charge in [-0.2, -0.15) is 0 Å². The second kappa shape index (κ2) is 4.97. The lowest BCUT2D eigenvalue weighted by molar-refractivity contribution is 0.604. The highest BCUT2D eigenvalue weighted by Crippen LogP contribution is 2.26. The first-order valence-corrected chi connectivity index (χ1v) is 7.16. The van der Waals surface area contributed by atoms with Crippen molar-refractivity contribution in [3.8, 4) is 0 Å². The molecule has 0 aliphatic carbocycles. The van der Waals surface area contributed by atoms with Gasteiger partial charge >= 0.3 is 0 Å². The first-order chi connectivity index (χ1) is 8.91. The van der Waals surface area contributed by atoms with E-state index in [0.717, 1.165) is 17.7 Å². The normalized spacial score (nSPS) is 11.3. The molecule has 0 saturated heterocycles. The topological polar surface area (TPSA) is 34.1 Å². The van der Waals surface area contributed by atoms with Gasteiger partial charge in [-0.25, -0.2) is 12.8 Å². The van der Waals surface area contributed by atoms with E-state index in [9.17, 15) is 12.8 Å². The first kappa shape index (κ1) is 13.5. The van der Waals surface area contributed by atoms with Gasteiger partial charge in [0.05, 0.1) is 9.80 Å². The molecular weight excluding hydrogens is 263 g/mol. The fourth-order valence-corrected chi connectivity index (χ4v) is 2.88. The lowest BCUT2D eigenvalue weighted by Crippen LogP contribution is -2.03. The minimum atomic E-state index is -3.68. The number of hydrogen-bond acceptors (Lipinski definition) is 2. The van der Waals surface area contributed by atoms with Crippen molar-refractivity contribution < 1.29 is 12.8 Å². The molecule has 0 atom stereocenters. The maximum Gasteiger partial charge on any atom is 0.206 e. The molecule has 0 bridgehead atoms. The van der Waals surface area contributed by atoms with E-state index < -0.39 is 15.7 Å². The van der Waals surface area contributed by atoms with Crippen molar-refractivity contribution in [3.05, 3.63) is 72.1 Å². The summed E-state index contributed by atoms with van der Waals surface area (Å²) < 4.78 is 37.4. The van der Waals surface area contributed by atoms with E-state index in [0.29, 0.717) is 5.56 Å². The molecule has 0 aliphatic rings. The zero-order valence-electron chi connectivity index (χ0n) is 10.4. The predicted molar refractivity (Wildman–Crippen MR) is 73.8 cm³/mol. The van der Waals surface area contributed by atoms with Crippen LogP contribution in [-0.4, -0.2) is 8.42 Å². The summed E-state index contributed by atoms with van der Waals surface area (Å²) in [5.41, 5.74) is 1.57. The van der Waals surface area contributed by atoms with Crippen molar-refractivity contribution in [2.75, 3.05) is 0 Å². The summed E-state index contributed by atoms with van der Waals surface area (Å²) in [7, 11) is -3.68. The van der Waals surface area contributed by atoms with Gasteiger partial charge in [0.1, 0.15) is 5.82 Å². The zero-order chi connectivity index (χ0) is 14.0. The zero-order valence-corrected chi connectivity index (χ0v) is 11.2. The SMILES string of the molecule is C=C(c1ccc(C)cc1)S(=O)(=O)c1ccc(F)cc1. The molecule has 0 aliphatic heterocycles. The summed E-state index contributed by atoms with van der Waals surface area (Å²) in [5, 5.41) is 0. The number of benzene rings is 2. The Morgan fingerprint density at radius 3 is 2.05 bits per heavy atom. The molecule has 98 valence electrons. The van der Waals surface area contributed by atoms with Crippen molar-refractivity contribution in [2.45, 2.75) is 11.8 Å². The molecule has 2 nitrogen and oxygen atoms in total. The van der Waals surface area contributed by atoms with E-state index in [1.807, 2.05) is 19.1 Å². The van der Waals surface area contributed by atoms with E-state index in [1.165, 1.54) is 12.1 Å². The Kier molecular flexibility index (Phi) is 3.53. The number of aryl methyl sites for hydroxylation is 1. The van der Waals surface area contributed by atoms with Gasteiger partial charge in [-0.05, 0) is 36.8 Å². The molecule has 0 N–H and O–H groups in total. The molecule has 0 saturated carbocycles. The fraction of sp³-hybridized carbons (Fsp3) is 0.0667.